The monoisotopic (exact) mass is 519 g/mol. The van der Waals surface area contributed by atoms with Gasteiger partial charge in [0.1, 0.15) is 17.0 Å². The number of fused-ring (bicyclic) bond motifs is 1. The normalized spacial score (nSPS) is 14.1. The van der Waals surface area contributed by atoms with Crippen LogP contribution in [0.5, 0.6) is 11.5 Å². The van der Waals surface area contributed by atoms with Crippen LogP contribution in [0.15, 0.2) is 67.0 Å². The van der Waals surface area contributed by atoms with E-state index < -0.39 is 18.1 Å². The Bertz CT molecular complexity index is 1540. The Hall–Kier alpha value is -4.52. The van der Waals surface area contributed by atoms with Crippen LogP contribution in [0.25, 0.3) is 16.9 Å². The van der Waals surface area contributed by atoms with E-state index in [0.717, 1.165) is 5.56 Å². The zero-order valence-electron chi connectivity index (χ0n) is 20.5. The standard InChI is InChI=1S/C28H24F3N5O2/c1-18-13-19(7-8-22(18)26(37)35-27(17-32)9-10-27)24-15-34-25-23(33-12-11-28(29,30)31)14-21(16-36(24)25)38-20-5-3-2-4-6-20/h2-8,13-16,33H,9-12H2,1H3,(H,35,37). The van der Waals surface area contributed by atoms with E-state index in [4.69, 9.17) is 4.74 Å². The molecule has 0 radical (unpaired) electrons. The first kappa shape index (κ1) is 25.1. The fraction of sp³-hybridized carbons (Fsp3) is 0.250. The number of hydrogen-bond donors (Lipinski definition) is 2. The topological polar surface area (TPSA) is 91.4 Å². The molecule has 0 bridgehead atoms. The lowest BCUT2D eigenvalue weighted by Gasteiger charge is -2.14. The Morgan fingerprint density at radius 3 is 2.58 bits per heavy atom. The van der Waals surface area contributed by atoms with Gasteiger partial charge in [-0.3, -0.25) is 9.20 Å². The smallest absolute Gasteiger partial charge is 0.390 e. The second-order valence-corrected chi connectivity index (χ2v) is 9.31. The molecular weight excluding hydrogens is 495 g/mol. The Morgan fingerprint density at radius 2 is 1.92 bits per heavy atom. The van der Waals surface area contributed by atoms with Crippen LogP contribution in [0.4, 0.5) is 18.9 Å². The molecule has 1 amide bonds. The molecule has 4 aromatic rings. The number of hydrogen-bond acceptors (Lipinski definition) is 5. The molecule has 10 heteroatoms. The largest absolute Gasteiger partial charge is 0.456 e. The van der Waals surface area contributed by atoms with Crippen molar-refractivity contribution in [1.29, 1.82) is 5.26 Å². The van der Waals surface area contributed by atoms with Gasteiger partial charge >= 0.3 is 6.18 Å². The van der Waals surface area contributed by atoms with E-state index in [1.165, 1.54) is 0 Å². The molecule has 38 heavy (non-hydrogen) atoms. The van der Waals surface area contributed by atoms with Gasteiger partial charge in [0.2, 0.25) is 0 Å². The maximum absolute atomic E-state index is 12.8. The van der Waals surface area contributed by atoms with Crippen molar-refractivity contribution >= 4 is 17.2 Å². The molecule has 194 valence electrons. The van der Waals surface area contributed by atoms with Crippen LogP contribution in [0.2, 0.25) is 0 Å². The molecule has 7 nitrogen and oxygen atoms in total. The second kappa shape index (κ2) is 9.74. The van der Waals surface area contributed by atoms with Crippen LogP contribution in [0, 0.1) is 18.3 Å². The number of halogens is 3. The van der Waals surface area contributed by atoms with Crippen molar-refractivity contribution < 1.29 is 22.7 Å². The highest BCUT2D eigenvalue weighted by Gasteiger charge is 2.44. The number of benzene rings is 2. The van der Waals surface area contributed by atoms with E-state index in [0.29, 0.717) is 52.5 Å². The number of carbonyl (C=O) groups excluding carboxylic acids is 1. The van der Waals surface area contributed by atoms with E-state index in [2.05, 4.69) is 21.7 Å². The molecule has 0 spiro atoms. The maximum atomic E-state index is 12.8. The van der Waals surface area contributed by atoms with Gasteiger partial charge in [-0.25, -0.2) is 4.98 Å². The summed E-state index contributed by atoms with van der Waals surface area (Å²) in [6.07, 6.45) is -0.659. The summed E-state index contributed by atoms with van der Waals surface area (Å²) in [7, 11) is 0. The summed E-state index contributed by atoms with van der Waals surface area (Å²) in [5, 5.41) is 14.9. The third kappa shape index (κ3) is 5.42. The van der Waals surface area contributed by atoms with Gasteiger partial charge in [-0.05, 0) is 49.6 Å². The molecule has 2 heterocycles. The van der Waals surface area contributed by atoms with Gasteiger partial charge in [0.15, 0.2) is 5.65 Å². The first-order valence-electron chi connectivity index (χ1n) is 12.1. The van der Waals surface area contributed by atoms with Gasteiger partial charge in [-0.1, -0.05) is 24.3 Å². The van der Waals surface area contributed by atoms with Crippen LogP contribution >= 0.6 is 0 Å². The summed E-state index contributed by atoms with van der Waals surface area (Å²) in [4.78, 5) is 17.2. The van der Waals surface area contributed by atoms with E-state index in [-0.39, 0.29) is 12.5 Å². The lowest BCUT2D eigenvalue weighted by Crippen LogP contribution is -2.35. The van der Waals surface area contributed by atoms with Gasteiger partial charge < -0.3 is 15.4 Å². The van der Waals surface area contributed by atoms with Gasteiger partial charge in [0.25, 0.3) is 5.91 Å². The molecule has 1 saturated carbocycles. The van der Waals surface area contributed by atoms with E-state index >= 15 is 0 Å². The first-order chi connectivity index (χ1) is 18.2. The molecule has 0 unspecified atom stereocenters. The molecule has 1 aliphatic rings. The fourth-order valence-corrected chi connectivity index (χ4v) is 4.18. The lowest BCUT2D eigenvalue weighted by molar-refractivity contribution is -0.131. The molecule has 1 fully saturated rings. The number of nitriles is 1. The van der Waals surface area contributed by atoms with Gasteiger partial charge in [0.05, 0.1) is 36.3 Å². The number of alkyl halides is 3. The predicted molar refractivity (Wildman–Crippen MR) is 136 cm³/mol. The predicted octanol–water partition coefficient (Wildman–Crippen LogP) is 6.25. The van der Waals surface area contributed by atoms with Crippen LogP contribution in [0.3, 0.4) is 0 Å². The molecular formula is C28H24F3N5O2. The minimum absolute atomic E-state index is 0.305. The minimum atomic E-state index is -4.29. The van der Waals surface area contributed by atoms with Crippen molar-refractivity contribution in [3.05, 3.63) is 78.1 Å². The SMILES string of the molecule is Cc1cc(-c2cnc3c(NCCC(F)(F)F)cc(Oc4ccccc4)cn23)ccc1C(=O)NC1(C#N)CC1. The molecule has 0 aliphatic heterocycles. The Kier molecular flexibility index (Phi) is 6.45. The number of imidazole rings is 1. The van der Waals surface area contributed by atoms with Crippen molar-refractivity contribution in [2.75, 3.05) is 11.9 Å². The Balaban J connectivity index is 1.49. The molecule has 2 aromatic carbocycles. The van der Waals surface area contributed by atoms with Crippen molar-refractivity contribution in [2.45, 2.75) is 37.9 Å². The average molecular weight is 520 g/mol. The summed E-state index contributed by atoms with van der Waals surface area (Å²) in [6.45, 7) is 1.49. The highest BCUT2D eigenvalue weighted by Crippen LogP contribution is 2.35. The summed E-state index contributed by atoms with van der Waals surface area (Å²) < 4.78 is 46.1. The summed E-state index contributed by atoms with van der Waals surface area (Å²) in [6, 6.07) is 18.1. The number of carbonyl (C=O) groups is 1. The number of ether oxygens (including phenoxy) is 1. The van der Waals surface area contributed by atoms with E-state index in [1.807, 2.05) is 31.2 Å². The number of anilines is 1. The first-order valence-corrected chi connectivity index (χ1v) is 12.1. The molecule has 2 N–H and O–H groups in total. The van der Waals surface area contributed by atoms with Crippen LogP contribution < -0.4 is 15.4 Å². The third-order valence-corrected chi connectivity index (χ3v) is 6.37. The van der Waals surface area contributed by atoms with Crippen molar-refractivity contribution in [3.8, 4) is 28.8 Å². The zero-order valence-corrected chi connectivity index (χ0v) is 20.5. The Labute approximate surface area is 216 Å². The highest BCUT2D eigenvalue weighted by atomic mass is 19.4. The number of para-hydroxylation sites is 1. The number of rotatable bonds is 8. The highest BCUT2D eigenvalue weighted by molar-refractivity contribution is 5.97. The molecule has 0 saturated heterocycles. The van der Waals surface area contributed by atoms with Crippen LogP contribution in [-0.2, 0) is 0 Å². The number of nitrogens with one attached hydrogen (secondary N) is 2. The van der Waals surface area contributed by atoms with Crippen LogP contribution in [0.1, 0.15) is 35.2 Å². The van der Waals surface area contributed by atoms with Crippen molar-refractivity contribution in [2.24, 2.45) is 0 Å². The van der Waals surface area contributed by atoms with E-state index in [1.54, 1.807) is 47.1 Å². The molecule has 0 atom stereocenters. The number of aromatic nitrogens is 2. The molecule has 2 aromatic heterocycles. The number of pyridine rings is 1. The summed E-state index contributed by atoms with van der Waals surface area (Å²) in [5.74, 6) is 0.684. The molecule has 5 rings (SSSR count). The van der Waals surface area contributed by atoms with Crippen molar-refractivity contribution in [3.63, 3.8) is 0 Å². The molecule has 1 aliphatic carbocycles. The quantitative estimate of drug-likeness (QED) is 0.287. The van der Waals surface area contributed by atoms with Gasteiger partial charge in [-0.2, -0.15) is 18.4 Å². The lowest BCUT2D eigenvalue weighted by atomic mass is 10.0. The second-order valence-electron chi connectivity index (χ2n) is 9.31. The third-order valence-electron chi connectivity index (χ3n) is 6.37. The van der Waals surface area contributed by atoms with Gasteiger partial charge in [0, 0.05) is 23.7 Å². The summed E-state index contributed by atoms with van der Waals surface area (Å²) in [5.41, 5.74) is 2.67. The zero-order chi connectivity index (χ0) is 26.9. The number of amides is 1. The minimum Gasteiger partial charge on any atom is -0.456 e. The average Bonchev–Trinajstić information content (AvgIpc) is 3.51. The Morgan fingerprint density at radius 1 is 1.16 bits per heavy atom. The number of nitrogens with zero attached hydrogens (tertiary/aromatic N) is 3. The number of aryl methyl sites for hydroxylation is 1. The summed E-state index contributed by atoms with van der Waals surface area (Å²) >= 11 is 0. The van der Waals surface area contributed by atoms with Crippen molar-refractivity contribution in [1.82, 2.24) is 14.7 Å². The maximum Gasteiger partial charge on any atom is 0.390 e. The van der Waals surface area contributed by atoms with Gasteiger partial charge in [-0.15, -0.1) is 0 Å². The van der Waals surface area contributed by atoms with E-state index in [9.17, 15) is 23.2 Å². The fourth-order valence-electron chi connectivity index (χ4n) is 4.18. The van der Waals surface area contributed by atoms with Crippen LogP contribution in [-0.4, -0.2) is 33.6 Å².